The molecule has 11 heteroatoms. The van der Waals surface area contributed by atoms with Crippen molar-refractivity contribution >= 4 is 45.9 Å². The van der Waals surface area contributed by atoms with Gasteiger partial charge < -0.3 is 15.7 Å². The highest BCUT2D eigenvalue weighted by Crippen LogP contribution is 2.38. The third-order valence-electron chi connectivity index (χ3n) is 6.14. The van der Waals surface area contributed by atoms with Crippen molar-refractivity contribution in [1.29, 1.82) is 0 Å². The summed E-state index contributed by atoms with van der Waals surface area (Å²) < 4.78 is 40.5. The number of aromatic hydroxyl groups is 1. The topological polar surface area (TPSA) is 100 Å². The summed E-state index contributed by atoms with van der Waals surface area (Å²) in [6, 6.07) is 20.0. The number of aromatic nitrogens is 3. The van der Waals surface area contributed by atoms with Crippen LogP contribution in [0.2, 0.25) is 0 Å². The second-order valence-corrected chi connectivity index (χ2v) is 10.5. The minimum absolute atomic E-state index is 0.130. The summed E-state index contributed by atoms with van der Waals surface area (Å²) in [5.41, 5.74) is 0.715. The molecular weight excluding hydrogens is 551 g/mol. The van der Waals surface area contributed by atoms with Gasteiger partial charge in [-0.1, -0.05) is 37.7 Å². The number of rotatable bonds is 7. The van der Waals surface area contributed by atoms with E-state index in [-0.39, 0.29) is 17.4 Å². The molecule has 0 bridgehead atoms. The average Bonchev–Trinajstić information content (AvgIpc) is 2.95. The molecule has 0 aliphatic rings. The Kier molecular flexibility index (Phi) is 7.80. The number of amides is 1. The second-order valence-electron chi connectivity index (χ2n) is 9.41. The molecule has 0 unspecified atom stereocenters. The first-order valence-electron chi connectivity index (χ1n) is 12.6. The number of carbonyl (C=O) groups is 1. The fraction of sp³-hybridized carbons (Fsp3) is 0.133. The van der Waals surface area contributed by atoms with E-state index in [1.54, 1.807) is 42.5 Å². The molecule has 0 spiro atoms. The highest BCUT2D eigenvalue weighted by atomic mass is 32.2. The zero-order valence-electron chi connectivity index (χ0n) is 21.9. The fourth-order valence-electron chi connectivity index (χ4n) is 4.07. The van der Waals surface area contributed by atoms with E-state index in [9.17, 15) is 23.1 Å². The second kappa shape index (κ2) is 11.5. The van der Waals surface area contributed by atoms with Crippen LogP contribution in [0.4, 0.5) is 30.4 Å². The summed E-state index contributed by atoms with van der Waals surface area (Å²) in [4.78, 5) is 27.8. The van der Waals surface area contributed by atoms with E-state index < -0.39 is 23.2 Å². The molecular formula is C30H24F3N5O2S. The molecule has 0 saturated heterocycles. The van der Waals surface area contributed by atoms with Crippen LogP contribution in [0.1, 0.15) is 41.4 Å². The molecule has 0 fully saturated rings. The third-order valence-corrected chi connectivity index (χ3v) is 7.23. The number of alkyl halides is 3. The van der Waals surface area contributed by atoms with Gasteiger partial charge in [-0.2, -0.15) is 13.2 Å². The van der Waals surface area contributed by atoms with Crippen molar-refractivity contribution < 1.29 is 23.1 Å². The first kappa shape index (κ1) is 27.9. The van der Waals surface area contributed by atoms with Crippen molar-refractivity contribution in [2.75, 3.05) is 10.6 Å². The lowest BCUT2D eigenvalue weighted by molar-refractivity contribution is -0.137. The maximum atomic E-state index is 13.5. The van der Waals surface area contributed by atoms with Gasteiger partial charge >= 0.3 is 6.18 Å². The number of pyridine rings is 1. The Morgan fingerprint density at radius 3 is 2.44 bits per heavy atom. The first-order chi connectivity index (χ1) is 19.6. The van der Waals surface area contributed by atoms with Gasteiger partial charge in [0.1, 0.15) is 17.9 Å². The van der Waals surface area contributed by atoms with Gasteiger partial charge in [0.2, 0.25) is 0 Å². The Hall–Kier alpha value is -4.64. The predicted octanol–water partition coefficient (Wildman–Crippen LogP) is 8.02. The standard InChI is InChI=1S/C30H24F3N5O2S/c1-17(2)24-13-12-22-27(37-24)34-16-35-28(22)38-25-15-18(7-14-26(25)41-20-10-8-19(39)9-11-20)36-29(40)21-5-3-4-6-23(21)30(31,32)33/h3-17,39H,1-2H3,(H,36,40)(H,34,35,37,38). The number of hydrogen-bond acceptors (Lipinski definition) is 7. The molecule has 0 aliphatic carbocycles. The molecule has 0 atom stereocenters. The van der Waals surface area contributed by atoms with Crippen LogP contribution in [0, 0.1) is 0 Å². The minimum atomic E-state index is -4.68. The van der Waals surface area contributed by atoms with Crippen LogP contribution in [0.5, 0.6) is 5.75 Å². The summed E-state index contributed by atoms with van der Waals surface area (Å²) in [5, 5.41) is 16.2. The maximum Gasteiger partial charge on any atom is 0.417 e. The number of halogens is 3. The Labute approximate surface area is 237 Å². The van der Waals surface area contributed by atoms with E-state index >= 15 is 0 Å². The summed E-state index contributed by atoms with van der Waals surface area (Å²) in [6.07, 6.45) is -3.28. The van der Waals surface area contributed by atoms with Crippen molar-refractivity contribution in [1.82, 2.24) is 15.0 Å². The SMILES string of the molecule is CC(C)c1ccc2c(Nc3cc(NC(=O)c4ccccc4C(F)(F)F)ccc3Sc3ccc(O)cc3)ncnc2n1. The maximum absolute atomic E-state index is 13.5. The lowest BCUT2D eigenvalue weighted by Crippen LogP contribution is -2.18. The van der Waals surface area contributed by atoms with Gasteiger partial charge in [0, 0.05) is 21.2 Å². The Balaban J connectivity index is 1.52. The van der Waals surface area contributed by atoms with Crippen LogP contribution in [-0.4, -0.2) is 26.0 Å². The monoisotopic (exact) mass is 575 g/mol. The third kappa shape index (κ3) is 6.41. The summed E-state index contributed by atoms with van der Waals surface area (Å²) in [7, 11) is 0. The molecule has 2 heterocycles. The predicted molar refractivity (Wildman–Crippen MR) is 153 cm³/mol. The number of phenols is 1. The Bertz CT molecular complexity index is 1730. The quantitative estimate of drug-likeness (QED) is 0.181. The van der Waals surface area contributed by atoms with Gasteiger partial charge in [-0.3, -0.25) is 4.79 Å². The average molecular weight is 576 g/mol. The summed E-state index contributed by atoms with van der Waals surface area (Å²) in [5.74, 6) is -0.0792. The molecule has 5 aromatic rings. The first-order valence-corrected chi connectivity index (χ1v) is 13.4. The van der Waals surface area contributed by atoms with Crippen LogP contribution in [0.15, 0.2) is 95.0 Å². The van der Waals surface area contributed by atoms with E-state index in [2.05, 4.69) is 25.6 Å². The van der Waals surface area contributed by atoms with Crippen molar-refractivity contribution in [3.05, 3.63) is 102 Å². The molecule has 3 N–H and O–H groups in total. The van der Waals surface area contributed by atoms with Gasteiger partial charge in [0.05, 0.1) is 22.2 Å². The van der Waals surface area contributed by atoms with Crippen LogP contribution in [0.25, 0.3) is 11.0 Å². The zero-order chi connectivity index (χ0) is 29.1. The molecule has 0 saturated carbocycles. The number of nitrogens with one attached hydrogen (secondary N) is 2. The number of carbonyl (C=O) groups excluding carboxylic acids is 1. The lowest BCUT2D eigenvalue weighted by atomic mass is 10.1. The van der Waals surface area contributed by atoms with Gasteiger partial charge in [-0.05, 0) is 72.6 Å². The Morgan fingerprint density at radius 1 is 0.951 bits per heavy atom. The van der Waals surface area contributed by atoms with Gasteiger partial charge in [0.15, 0.2) is 5.65 Å². The molecule has 41 heavy (non-hydrogen) atoms. The van der Waals surface area contributed by atoms with E-state index in [0.29, 0.717) is 22.5 Å². The summed E-state index contributed by atoms with van der Waals surface area (Å²) >= 11 is 1.39. The molecule has 2 aromatic heterocycles. The number of phenolic OH excluding ortho intramolecular Hbond substituents is 1. The van der Waals surface area contributed by atoms with Crippen molar-refractivity contribution in [3.8, 4) is 5.75 Å². The number of benzene rings is 3. The molecule has 0 radical (unpaired) electrons. The van der Waals surface area contributed by atoms with Crippen molar-refractivity contribution in [2.45, 2.75) is 35.7 Å². The number of nitrogens with zero attached hydrogens (tertiary/aromatic N) is 3. The van der Waals surface area contributed by atoms with Gasteiger partial charge in [0.25, 0.3) is 5.91 Å². The molecule has 208 valence electrons. The molecule has 5 rings (SSSR count). The molecule has 7 nitrogen and oxygen atoms in total. The number of hydrogen-bond donors (Lipinski definition) is 3. The van der Waals surface area contributed by atoms with Crippen molar-refractivity contribution in [2.24, 2.45) is 0 Å². The normalized spacial score (nSPS) is 11.6. The van der Waals surface area contributed by atoms with E-state index in [0.717, 1.165) is 27.6 Å². The number of fused-ring (bicyclic) bond motifs is 1. The largest absolute Gasteiger partial charge is 0.508 e. The van der Waals surface area contributed by atoms with Crippen LogP contribution < -0.4 is 10.6 Å². The highest BCUT2D eigenvalue weighted by Gasteiger charge is 2.34. The molecule has 1 amide bonds. The van der Waals surface area contributed by atoms with Gasteiger partial charge in [-0.25, -0.2) is 15.0 Å². The van der Waals surface area contributed by atoms with E-state index in [4.69, 9.17) is 0 Å². The van der Waals surface area contributed by atoms with Gasteiger partial charge in [-0.15, -0.1) is 0 Å². The van der Waals surface area contributed by atoms with E-state index in [1.165, 1.54) is 30.2 Å². The highest BCUT2D eigenvalue weighted by molar-refractivity contribution is 7.99. The zero-order valence-corrected chi connectivity index (χ0v) is 22.7. The smallest absolute Gasteiger partial charge is 0.417 e. The minimum Gasteiger partial charge on any atom is -0.508 e. The van der Waals surface area contributed by atoms with Crippen LogP contribution in [0.3, 0.4) is 0 Å². The lowest BCUT2D eigenvalue weighted by Gasteiger charge is -2.16. The van der Waals surface area contributed by atoms with E-state index in [1.807, 2.05) is 26.0 Å². The molecule has 0 aliphatic heterocycles. The van der Waals surface area contributed by atoms with Crippen LogP contribution >= 0.6 is 11.8 Å². The molecule has 3 aromatic carbocycles. The Morgan fingerprint density at radius 2 is 1.71 bits per heavy atom. The van der Waals surface area contributed by atoms with Crippen LogP contribution in [-0.2, 0) is 6.18 Å². The number of anilines is 3. The summed E-state index contributed by atoms with van der Waals surface area (Å²) in [6.45, 7) is 4.07. The van der Waals surface area contributed by atoms with Crippen molar-refractivity contribution in [3.63, 3.8) is 0 Å². The fourth-order valence-corrected chi connectivity index (χ4v) is 4.95.